The van der Waals surface area contributed by atoms with Crippen molar-refractivity contribution >= 4 is 26.7 Å². The smallest absolute Gasteiger partial charge is 0.344 e. The number of nitrogens with one attached hydrogen (secondary N) is 1. The Labute approximate surface area is 178 Å². The van der Waals surface area contributed by atoms with Crippen LogP contribution in [0.1, 0.15) is 0 Å². The lowest BCUT2D eigenvalue weighted by atomic mass is 10.1. The van der Waals surface area contributed by atoms with E-state index in [9.17, 15) is 18.0 Å². The average Bonchev–Trinajstić information content (AvgIpc) is 3.10. The fraction of sp³-hybridized carbons (Fsp3) is 0.182. The topological polar surface area (TPSA) is 112 Å². The summed E-state index contributed by atoms with van der Waals surface area (Å²) in [4.78, 5) is 24.3. The molecule has 1 aromatic heterocycles. The Hall–Kier alpha value is -3.59. The van der Waals surface area contributed by atoms with Crippen molar-refractivity contribution in [2.75, 3.05) is 19.5 Å². The molecule has 0 radical (unpaired) electrons. The van der Waals surface area contributed by atoms with Gasteiger partial charge in [0.2, 0.25) is 0 Å². The summed E-state index contributed by atoms with van der Waals surface area (Å²) in [6, 6.07) is 13.0. The van der Waals surface area contributed by atoms with Gasteiger partial charge in [0.25, 0.3) is 5.91 Å². The summed E-state index contributed by atoms with van der Waals surface area (Å²) in [7, 11) is -1.67. The molecule has 0 saturated heterocycles. The molecule has 1 aliphatic rings. The van der Waals surface area contributed by atoms with Crippen LogP contribution in [-0.2, 0) is 14.6 Å². The largest absolute Gasteiger partial charge is 0.497 e. The van der Waals surface area contributed by atoms with E-state index in [1.165, 1.54) is 6.08 Å². The van der Waals surface area contributed by atoms with Gasteiger partial charge in [-0.1, -0.05) is 12.1 Å². The Morgan fingerprint density at radius 3 is 2.55 bits per heavy atom. The van der Waals surface area contributed by atoms with Gasteiger partial charge in [0, 0.05) is 10.8 Å². The number of hydrogen-bond acceptors (Lipinski definition) is 7. The maximum Gasteiger partial charge on any atom is 0.344 e. The van der Waals surface area contributed by atoms with Gasteiger partial charge in [0.05, 0.1) is 24.5 Å². The van der Waals surface area contributed by atoms with Gasteiger partial charge >= 0.3 is 5.63 Å². The van der Waals surface area contributed by atoms with Crippen molar-refractivity contribution in [3.63, 3.8) is 0 Å². The van der Waals surface area contributed by atoms with Gasteiger partial charge in [-0.15, -0.1) is 0 Å². The highest BCUT2D eigenvalue weighted by Crippen LogP contribution is 2.25. The van der Waals surface area contributed by atoms with E-state index in [4.69, 9.17) is 13.9 Å². The van der Waals surface area contributed by atoms with Crippen molar-refractivity contribution < 1.29 is 27.1 Å². The molecule has 1 N–H and O–H groups in total. The molecule has 9 heteroatoms. The third-order valence-electron chi connectivity index (χ3n) is 4.75. The van der Waals surface area contributed by atoms with Crippen LogP contribution >= 0.6 is 0 Å². The average molecular weight is 441 g/mol. The van der Waals surface area contributed by atoms with Crippen LogP contribution in [0.4, 0.5) is 0 Å². The summed E-state index contributed by atoms with van der Waals surface area (Å²) in [5.41, 5.74) is 1.02. The minimum absolute atomic E-state index is 0.145. The molecule has 1 aliphatic heterocycles. The molecule has 4 rings (SSSR count). The quantitative estimate of drug-likeness (QED) is 0.584. The third-order valence-corrected chi connectivity index (χ3v) is 6.15. The zero-order chi connectivity index (χ0) is 22.0. The highest BCUT2D eigenvalue weighted by molar-refractivity contribution is 7.94. The van der Waals surface area contributed by atoms with Crippen molar-refractivity contribution in [3.05, 3.63) is 70.4 Å². The van der Waals surface area contributed by atoms with Gasteiger partial charge in [-0.25, -0.2) is 13.2 Å². The summed E-state index contributed by atoms with van der Waals surface area (Å²) >= 11 is 0. The van der Waals surface area contributed by atoms with Crippen LogP contribution in [0, 0.1) is 0 Å². The van der Waals surface area contributed by atoms with E-state index in [1.807, 2.05) is 0 Å². The minimum Gasteiger partial charge on any atom is -0.497 e. The zero-order valence-corrected chi connectivity index (χ0v) is 17.3. The van der Waals surface area contributed by atoms with Crippen LogP contribution in [0.2, 0.25) is 0 Å². The first-order chi connectivity index (χ1) is 14.8. The van der Waals surface area contributed by atoms with Gasteiger partial charge in [0.1, 0.15) is 17.1 Å². The van der Waals surface area contributed by atoms with E-state index >= 15 is 0 Å². The number of amides is 1. The molecule has 160 valence electrons. The molecule has 1 amide bonds. The number of sulfone groups is 1. The Morgan fingerprint density at radius 2 is 1.87 bits per heavy atom. The van der Waals surface area contributed by atoms with Crippen molar-refractivity contribution in [1.29, 1.82) is 0 Å². The van der Waals surface area contributed by atoms with Crippen LogP contribution in [0.3, 0.4) is 0 Å². The summed E-state index contributed by atoms with van der Waals surface area (Å²) < 4.78 is 38.8. The number of hydrogen-bond donors (Lipinski definition) is 1. The first kappa shape index (κ1) is 20.7. The Bertz CT molecular complexity index is 1320. The summed E-state index contributed by atoms with van der Waals surface area (Å²) in [5.74, 6) is 0.508. The zero-order valence-electron chi connectivity index (χ0n) is 16.5. The highest BCUT2D eigenvalue weighted by atomic mass is 32.2. The van der Waals surface area contributed by atoms with Gasteiger partial charge < -0.3 is 19.2 Å². The summed E-state index contributed by atoms with van der Waals surface area (Å²) in [6.45, 7) is -0.262. The normalized spacial score (nSPS) is 16.9. The monoisotopic (exact) mass is 441 g/mol. The molecule has 8 nitrogen and oxygen atoms in total. The lowest BCUT2D eigenvalue weighted by Crippen LogP contribution is -2.38. The van der Waals surface area contributed by atoms with E-state index in [0.29, 0.717) is 28.2 Å². The maximum atomic E-state index is 12.4. The lowest BCUT2D eigenvalue weighted by molar-refractivity contribution is -0.123. The Balaban J connectivity index is 1.43. The second-order valence-electron chi connectivity index (χ2n) is 7.00. The molecule has 2 heterocycles. The van der Waals surface area contributed by atoms with Crippen molar-refractivity contribution in [2.45, 2.75) is 6.04 Å². The molecular formula is C22H19NO7S. The first-order valence-electron chi connectivity index (χ1n) is 9.38. The predicted octanol–water partition coefficient (Wildman–Crippen LogP) is 2.27. The molecule has 2 aromatic carbocycles. The van der Waals surface area contributed by atoms with E-state index in [-0.39, 0.29) is 12.4 Å². The van der Waals surface area contributed by atoms with Crippen LogP contribution in [0.25, 0.3) is 22.1 Å². The van der Waals surface area contributed by atoms with Gasteiger partial charge in [0.15, 0.2) is 16.4 Å². The summed E-state index contributed by atoms with van der Waals surface area (Å²) in [6.07, 6.45) is 1.44. The van der Waals surface area contributed by atoms with Gasteiger partial charge in [-0.2, -0.15) is 0 Å². The number of ether oxygens (including phenoxy) is 2. The summed E-state index contributed by atoms with van der Waals surface area (Å²) in [5, 5.41) is 4.41. The van der Waals surface area contributed by atoms with Gasteiger partial charge in [-0.3, -0.25) is 4.79 Å². The Kier molecular flexibility index (Phi) is 5.51. The fourth-order valence-corrected chi connectivity index (χ4v) is 4.46. The number of fused-ring (bicyclic) bond motifs is 1. The molecule has 0 aliphatic carbocycles. The van der Waals surface area contributed by atoms with Crippen molar-refractivity contribution in [2.24, 2.45) is 0 Å². The molecule has 3 aromatic rings. The van der Waals surface area contributed by atoms with E-state index in [1.54, 1.807) is 55.6 Å². The fourth-order valence-electron chi connectivity index (χ4n) is 3.22. The number of methoxy groups -OCH3 is 1. The molecule has 1 atom stereocenters. The van der Waals surface area contributed by atoms with E-state index in [0.717, 1.165) is 10.8 Å². The van der Waals surface area contributed by atoms with Crippen molar-refractivity contribution in [3.8, 4) is 22.6 Å². The molecule has 0 unspecified atom stereocenters. The second kappa shape index (κ2) is 8.27. The van der Waals surface area contributed by atoms with Crippen LogP contribution in [0.15, 0.2) is 69.2 Å². The predicted molar refractivity (Wildman–Crippen MR) is 115 cm³/mol. The number of rotatable bonds is 6. The molecule has 0 saturated carbocycles. The number of carbonyl (C=O) groups excluding carboxylic acids is 1. The van der Waals surface area contributed by atoms with Crippen LogP contribution in [0.5, 0.6) is 11.5 Å². The highest BCUT2D eigenvalue weighted by Gasteiger charge is 2.23. The van der Waals surface area contributed by atoms with E-state index in [2.05, 4.69) is 5.32 Å². The lowest BCUT2D eigenvalue weighted by Gasteiger charge is -2.11. The number of benzene rings is 2. The van der Waals surface area contributed by atoms with Gasteiger partial charge in [-0.05, 0) is 48.0 Å². The van der Waals surface area contributed by atoms with E-state index < -0.39 is 27.4 Å². The molecule has 0 spiro atoms. The molecule has 0 bridgehead atoms. The first-order valence-corrected chi connectivity index (χ1v) is 11.1. The standard InChI is InChI=1S/C22H19NO7S/c1-28-18-6-7-20-15(10-18)11-19(22(25)30-20)14-2-4-17(5-3-14)29-12-21(24)23-16-8-9-31(26,27)13-16/h2-11,16H,12-13H2,1H3,(H,23,24)/t16-/m0/s1. The SMILES string of the molecule is COc1ccc2oc(=O)c(-c3ccc(OCC(=O)N[C@H]4C=CS(=O)(=O)C4)cc3)cc2c1. The third kappa shape index (κ3) is 4.77. The molecular weight excluding hydrogens is 422 g/mol. The van der Waals surface area contributed by atoms with Crippen LogP contribution < -0.4 is 20.4 Å². The van der Waals surface area contributed by atoms with Crippen molar-refractivity contribution in [1.82, 2.24) is 5.32 Å². The minimum atomic E-state index is -3.24. The molecule has 0 fully saturated rings. The van der Waals surface area contributed by atoms with Crippen LogP contribution in [-0.4, -0.2) is 39.8 Å². The molecule has 31 heavy (non-hydrogen) atoms. The number of carbonyl (C=O) groups is 1. The Morgan fingerprint density at radius 1 is 1.13 bits per heavy atom. The second-order valence-corrected chi connectivity index (χ2v) is 8.93. The maximum absolute atomic E-state index is 12.4.